The molecule has 0 fully saturated rings. The summed E-state index contributed by atoms with van der Waals surface area (Å²) in [6.45, 7) is 4.28. The number of rotatable bonds is 9. The van der Waals surface area contributed by atoms with Crippen LogP contribution in [0.1, 0.15) is 0 Å². The van der Waals surface area contributed by atoms with Gasteiger partial charge in [0.25, 0.3) is 0 Å². The summed E-state index contributed by atoms with van der Waals surface area (Å²) in [5.74, 6) is 0.582. The predicted molar refractivity (Wildman–Crippen MR) is 136 cm³/mol. The SMILES string of the molecule is C=CC(=O)Nc1cc(Nc2ncc3cccc(-c4cccc(Cl)c4)c3n2)ccc1OCCOC. The van der Waals surface area contributed by atoms with Crippen LogP contribution in [0.3, 0.4) is 0 Å². The molecule has 4 aromatic rings. The van der Waals surface area contributed by atoms with Crippen LogP contribution in [-0.4, -0.2) is 36.2 Å². The highest BCUT2D eigenvalue weighted by Crippen LogP contribution is 2.32. The molecule has 0 aliphatic rings. The Balaban J connectivity index is 1.66. The Bertz CT molecular complexity index is 1340. The van der Waals surface area contributed by atoms with Crippen molar-refractivity contribution in [1.82, 2.24) is 9.97 Å². The first-order valence-corrected chi connectivity index (χ1v) is 10.9. The maximum atomic E-state index is 11.9. The number of anilines is 3. The zero-order valence-electron chi connectivity index (χ0n) is 18.5. The summed E-state index contributed by atoms with van der Waals surface area (Å²) >= 11 is 6.20. The summed E-state index contributed by atoms with van der Waals surface area (Å²) in [5, 5.41) is 7.53. The number of halogens is 1. The molecule has 0 unspecified atom stereocenters. The van der Waals surface area contributed by atoms with Gasteiger partial charge in [-0.2, -0.15) is 0 Å². The van der Waals surface area contributed by atoms with Gasteiger partial charge in [0.15, 0.2) is 0 Å². The number of nitrogens with zero attached hydrogens (tertiary/aromatic N) is 2. The molecule has 172 valence electrons. The minimum atomic E-state index is -0.345. The highest BCUT2D eigenvalue weighted by molar-refractivity contribution is 6.30. The van der Waals surface area contributed by atoms with Crippen LogP contribution in [-0.2, 0) is 9.53 Å². The molecule has 7 nitrogen and oxygen atoms in total. The van der Waals surface area contributed by atoms with Crippen LogP contribution < -0.4 is 15.4 Å². The molecule has 3 aromatic carbocycles. The number of fused-ring (bicyclic) bond motifs is 1. The van der Waals surface area contributed by atoms with E-state index >= 15 is 0 Å². The fraction of sp³-hybridized carbons (Fsp3) is 0.115. The zero-order valence-corrected chi connectivity index (χ0v) is 19.3. The van der Waals surface area contributed by atoms with Crippen molar-refractivity contribution in [1.29, 1.82) is 0 Å². The molecule has 0 saturated carbocycles. The maximum Gasteiger partial charge on any atom is 0.247 e. The van der Waals surface area contributed by atoms with Gasteiger partial charge < -0.3 is 20.1 Å². The number of carbonyl (C=O) groups is 1. The van der Waals surface area contributed by atoms with Gasteiger partial charge in [-0.25, -0.2) is 9.97 Å². The molecule has 0 atom stereocenters. The molecule has 1 amide bonds. The normalized spacial score (nSPS) is 10.6. The minimum Gasteiger partial charge on any atom is -0.489 e. The van der Waals surface area contributed by atoms with Gasteiger partial charge in [-0.15, -0.1) is 0 Å². The third-order valence-corrected chi connectivity index (χ3v) is 5.21. The number of para-hydroxylation sites is 1. The van der Waals surface area contributed by atoms with Crippen molar-refractivity contribution in [3.05, 3.63) is 84.5 Å². The van der Waals surface area contributed by atoms with E-state index < -0.39 is 0 Å². The highest BCUT2D eigenvalue weighted by Gasteiger charge is 2.11. The van der Waals surface area contributed by atoms with Crippen LogP contribution in [0, 0.1) is 0 Å². The van der Waals surface area contributed by atoms with E-state index in [2.05, 4.69) is 22.2 Å². The standard InChI is InChI=1S/C26H23ClN4O3/c1-3-24(32)30-22-15-20(10-11-23(22)34-13-12-33-2)29-26-28-16-18-7-5-9-21(25(18)31-26)17-6-4-8-19(27)14-17/h3-11,14-16H,1,12-13H2,2H3,(H,30,32)(H,28,29,31). The van der Waals surface area contributed by atoms with E-state index in [0.29, 0.717) is 41.3 Å². The predicted octanol–water partition coefficient (Wildman–Crippen LogP) is 5.84. The van der Waals surface area contributed by atoms with Gasteiger partial charge >= 0.3 is 0 Å². The van der Waals surface area contributed by atoms with Crippen molar-refractivity contribution in [2.24, 2.45) is 0 Å². The Kier molecular flexibility index (Phi) is 7.37. The molecule has 1 heterocycles. The van der Waals surface area contributed by atoms with Gasteiger partial charge in [0, 0.05) is 35.0 Å². The Morgan fingerprint density at radius 3 is 2.76 bits per heavy atom. The molecule has 0 bridgehead atoms. The largest absolute Gasteiger partial charge is 0.489 e. The van der Waals surface area contributed by atoms with Crippen LogP contribution in [0.5, 0.6) is 5.75 Å². The van der Waals surface area contributed by atoms with Gasteiger partial charge in [-0.3, -0.25) is 4.79 Å². The van der Waals surface area contributed by atoms with Crippen molar-refractivity contribution in [2.75, 3.05) is 31.0 Å². The molecule has 8 heteroatoms. The maximum absolute atomic E-state index is 11.9. The molecule has 0 saturated heterocycles. The average Bonchev–Trinajstić information content (AvgIpc) is 2.85. The first kappa shape index (κ1) is 23.2. The lowest BCUT2D eigenvalue weighted by Crippen LogP contribution is -2.11. The molecule has 34 heavy (non-hydrogen) atoms. The number of amides is 1. The first-order chi connectivity index (χ1) is 16.6. The van der Waals surface area contributed by atoms with Crippen LogP contribution in [0.2, 0.25) is 5.02 Å². The summed E-state index contributed by atoms with van der Waals surface area (Å²) < 4.78 is 10.7. The van der Waals surface area contributed by atoms with Crippen LogP contribution in [0.4, 0.5) is 17.3 Å². The smallest absolute Gasteiger partial charge is 0.247 e. The molecule has 0 aliphatic heterocycles. The van der Waals surface area contributed by atoms with E-state index in [1.54, 1.807) is 25.4 Å². The number of hydrogen-bond acceptors (Lipinski definition) is 6. The third kappa shape index (κ3) is 5.51. The van der Waals surface area contributed by atoms with Gasteiger partial charge in [0.05, 0.1) is 17.8 Å². The fourth-order valence-electron chi connectivity index (χ4n) is 3.38. The Morgan fingerprint density at radius 2 is 1.97 bits per heavy atom. The number of aromatic nitrogens is 2. The van der Waals surface area contributed by atoms with Crippen LogP contribution in [0.25, 0.3) is 22.0 Å². The third-order valence-electron chi connectivity index (χ3n) is 4.97. The lowest BCUT2D eigenvalue weighted by atomic mass is 10.0. The fourth-order valence-corrected chi connectivity index (χ4v) is 3.57. The quantitative estimate of drug-likeness (QED) is 0.234. The Labute approximate surface area is 202 Å². The Hall–Kier alpha value is -3.94. The summed E-state index contributed by atoms with van der Waals surface area (Å²) in [4.78, 5) is 21.1. The number of ether oxygens (including phenoxy) is 2. The topological polar surface area (TPSA) is 85.4 Å². The second kappa shape index (κ2) is 10.8. The number of benzene rings is 3. The lowest BCUT2D eigenvalue weighted by molar-refractivity contribution is -0.111. The number of carbonyl (C=O) groups excluding carboxylic acids is 1. The van der Waals surface area contributed by atoms with Crippen molar-refractivity contribution in [3.8, 4) is 16.9 Å². The summed E-state index contributed by atoms with van der Waals surface area (Å²) in [7, 11) is 1.60. The number of methoxy groups -OCH3 is 1. The summed E-state index contributed by atoms with van der Waals surface area (Å²) in [5.41, 5.74) is 3.88. The van der Waals surface area contributed by atoms with Gasteiger partial charge in [-0.1, -0.05) is 48.5 Å². The van der Waals surface area contributed by atoms with Crippen molar-refractivity contribution < 1.29 is 14.3 Å². The average molecular weight is 475 g/mol. The number of hydrogen-bond donors (Lipinski definition) is 2. The van der Waals surface area contributed by atoms with E-state index in [1.165, 1.54) is 6.08 Å². The van der Waals surface area contributed by atoms with E-state index in [4.69, 9.17) is 26.1 Å². The molecule has 0 aliphatic carbocycles. The second-order valence-electron chi connectivity index (χ2n) is 7.32. The lowest BCUT2D eigenvalue weighted by Gasteiger charge is -2.14. The van der Waals surface area contributed by atoms with Crippen LogP contribution in [0.15, 0.2) is 79.5 Å². The van der Waals surface area contributed by atoms with Crippen molar-refractivity contribution in [2.45, 2.75) is 0 Å². The van der Waals surface area contributed by atoms with Crippen LogP contribution >= 0.6 is 11.6 Å². The first-order valence-electron chi connectivity index (χ1n) is 10.6. The molecular formula is C26H23ClN4O3. The van der Waals surface area contributed by atoms with Crippen molar-refractivity contribution >= 4 is 45.7 Å². The number of nitrogens with one attached hydrogen (secondary N) is 2. The Morgan fingerprint density at radius 1 is 1.12 bits per heavy atom. The minimum absolute atomic E-state index is 0.345. The zero-order chi connectivity index (χ0) is 23.9. The van der Waals surface area contributed by atoms with E-state index in [-0.39, 0.29) is 5.91 Å². The van der Waals surface area contributed by atoms with Gasteiger partial charge in [0.2, 0.25) is 11.9 Å². The molecule has 4 rings (SSSR count). The highest BCUT2D eigenvalue weighted by atomic mass is 35.5. The summed E-state index contributed by atoms with van der Waals surface area (Å²) in [6, 6.07) is 18.9. The van der Waals surface area contributed by atoms with E-state index in [1.807, 2.05) is 48.5 Å². The molecular weight excluding hydrogens is 452 g/mol. The van der Waals surface area contributed by atoms with Crippen molar-refractivity contribution in [3.63, 3.8) is 0 Å². The summed E-state index contributed by atoms with van der Waals surface area (Å²) in [6.07, 6.45) is 2.96. The van der Waals surface area contributed by atoms with E-state index in [9.17, 15) is 4.79 Å². The van der Waals surface area contributed by atoms with E-state index in [0.717, 1.165) is 22.0 Å². The molecule has 1 aromatic heterocycles. The van der Waals surface area contributed by atoms with Gasteiger partial charge in [0.1, 0.15) is 12.4 Å². The molecule has 0 radical (unpaired) electrons. The molecule has 2 N–H and O–H groups in total. The molecule has 0 spiro atoms. The monoisotopic (exact) mass is 474 g/mol. The van der Waals surface area contributed by atoms with Gasteiger partial charge in [-0.05, 0) is 42.0 Å². The second-order valence-corrected chi connectivity index (χ2v) is 7.75.